The molecule has 76 valence electrons. The summed E-state index contributed by atoms with van der Waals surface area (Å²) in [5, 5.41) is 10.0. The monoisotopic (exact) mass is 187 g/mol. The van der Waals surface area contributed by atoms with Crippen LogP contribution in [-0.2, 0) is 9.53 Å². The highest BCUT2D eigenvalue weighted by atomic mass is 16.5. The second-order valence-electron chi connectivity index (χ2n) is 3.67. The number of rotatable bonds is 2. The van der Waals surface area contributed by atoms with Gasteiger partial charge in [-0.2, -0.15) is 0 Å². The molecular formula is C9H17NO3. The molecule has 0 bridgehead atoms. The molecule has 1 aliphatic carbocycles. The lowest BCUT2D eigenvalue weighted by molar-refractivity contribution is -0.150. The SMILES string of the molecule is COC(=O)[C@H](N)C1(O)CCCCC1. The Balaban J connectivity index is 2.61. The Hall–Kier alpha value is -0.610. The van der Waals surface area contributed by atoms with Crippen LogP contribution < -0.4 is 5.73 Å². The number of hydrogen-bond donors (Lipinski definition) is 2. The van der Waals surface area contributed by atoms with Crippen molar-refractivity contribution in [3.05, 3.63) is 0 Å². The molecule has 1 atom stereocenters. The Labute approximate surface area is 78.1 Å². The Bertz CT molecular complexity index is 187. The molecule has 0 unspecified atom stereocenters. The van der Waals surface area contributed by atoms with Crippen LogP contribution in [0.1, 0.15) is 32.1 Å². The van der Waals surface area contributed by atoms with Crippen LogP contribution in [0.2, 0.25) is 0 Å². The predicted octanol–water partition coefficient (Wildman–Crippen LogP) is 0.182. The predicted molar refractivity (Wildman–Crippen MR) is 48.0 cm³/mol. The van der Waals surface area contributed by atoms with Gasteiger partial charge in [0.2, 0.25) is 0 Å². The Morgan fingerprint density at radius 2 is 2.00 bits per heavy atom. The molecule has 0 aromatic rings. The van der Waals surface area contributed by atoms with E-state index in [9.17, 15) is 9.90 Å². The van der Waals surface area contributed by atoms with Gasteiger partial charge in [-0.3, -0.25) is 4.79 Å². The minimum Gasteiger partial charge on any atom is -0.468 e. The number of hydrogen-bond acceptors (Lipinski definition) is 4. The maximum Gasteiger partial charge on any atom is 0.325 e. The number of carbonyl (C=O) groups is 1. The van der Waals surface area contributed by atoms with E-state index >= 15 is 0 Å². The zero-order valence-electron chi connectivity index (χ0n) is 7.95. The van der Waals surface area contributed by atoms with Crippen molar-refractivity contribution in [1.29, 1.82) is 0 Å². The summed E-state index contributed by atoms with van der Waals surface area (Å²) in [4.78, 5) is 11.1. The lowest BCUT2D eigenvalue weighted by Gasteiger charge is -2.35. The van der Waals surface area contributed by atoms with Gasteiger partial charge in [0.15, 0.2) is 0 Å². The number of carbonyl (C=O) groups excluding carboxylic acids is 1. The molecule has 0 aromatic carbocycles. The van der Waals surface area contributed by atoms with E-state index in [2.05, 4.69) is 4.74 Å². The molecule has 0 aromatic heterocycles. The molecule has 13 heavy (non-hydrogen) atoms. The molecule has 0 spiro atoms. The van der Waals surface area contributed by atoms with E-state index < -0.39 is 17.6 Å². The average molecular weight is 187 g/mol. The van der Waals surface area contributed by atoms with Gasteiger partial charge in [0, 0.05) is 0 Å². The third kappa shape index (κ3) is 2.19. The van der Waals surface area contributed by atoms with Crippen molar-refractivity contribution in [1.82, 2.24) is 0 Å². The van der Waals surface area contributed by atoms with Gasteiger partial charge in [-0.1, -0.05) is 19.3 Å². The smallest absolute Gasteiger partial charge is 0.325 e. The van der Waals surface area contributed by atoms with Crippen molar-refractivity contribution >= 4 is 5.97 Å². The van der Waals surface area contributed by atoms with Gasteiger partial charge in [0.1, 0.15) is 6.04 Å². The summed E-state index contributed by atoms with van der Waals surface area (Å²) in [5.74, 6) is -0.524. The maximum absolute atomic E-state index is 11.1. The zero-order chi connectivity index (χ0) is 9.90. The third-order valence-electron chi connectivity index (χ3n) is 2.75. The molecule has 1 saturated carbocycles. The lowest BCUT2D eigenvalue weighted by atomic mass is 9.80. The Kier molecular flexibility index (Phi) is 3.27. The van der Waals surface area contributed by atoms with Crippen LogP contribution in [0.15, 0.2) is 0 Å². The molecular weight excluding hydrogens is 170 g/mol. The molecule has 4 heteroatoms. The van der Waals surface area contributed by atoms with Gasteiger partial charge in [0.25, 0.3) is 0 Å². The molecule has 4 nitrogen and oxygen atoms in total. The fraction of sp³-hybridized carbons (Fsp3) is 0.889. The molecule has 0 saturated heterocycles. The van der Waals surface area contributed by atoms with Crippen molar-refractivity contribution in [3.8, 4) is 0 Å². The first-order valence-corrected chi connectivity index (χ1v) is 4.66. The zero-order valence-corrected chi connectivity index (χ0v) is 7.95. The number of ether oxygens (including phenoxy) is 1. The topological polar surface area (TPSA) is 72.5 Å². The molecule has 1 aliphatic rings. The van der Waals surface area contributed by atoms with Crippen molar-refractivity contribution in [2.45, 2.75) is 43.7 Å². The highest BCUT2D eigenvalue weighted by Crippen LogP contribution is 2.30. The second-order valence-corrected chi connectivity index (χ2v) is 3.67. The minimum absolute atomic E-state index is 0.524. The first-order chi connectivity index (χ1) is 6.10. The van der Waals surface area contributed by atoms with Crippen LogP contribution in [0.4, 0.5) is 0 Å². The van der Waals surface area contributed by atoms with Crippen molar-refractivity contribution in [2.75, 3.05) is 7.11 Å². The third-order valence-corrected chi connectivity index (χ3v) is 2.75. The normalized spacial score (nSPS) is 23.6. The van der Waals surface area contributed by atoms with Gasteiger partial charge < -0.3 is 15.6 Å². The fourth-order valence-electron chi connectivity index (χ4n) is 1.82. The van der Waals surface area contributed by atoms with Gasteiger partial charge in [0.05, 0.1) is 12.7 Å². The van der Waals surface area contributed by atoms with E-state index in [1.54, 1.807) is 0 Å². The standard InChI is InChI=1S/C9H17NO3/c1-13-8(11)7(10)9(12)5-3-2-4-6-9/h7,12H,2-6,10H2,1H3/t7-/m0/s1. The highest BCUT2D eigenvalue weighted by Gasteiger charge is 2.40. The van der Waals surface area contributed by atoms with Crippen LogP contribution in [0.5, 0.6) is 0 Å². The van der Waals surface area contributed by atoms with E-state index in [4.69, 9.17) is 5.73 Å². The van der Waals surface area contributed by atoms with Crippen molar-refractivity contribution in [2.24, 2.45) is 5.73 Å². The van der Waals surface area contributed by atoms with E-state index in [-0.39, 0.29) is 0 Å². The highest BCUT2D eigenvalue weighted by molar-refractivity contribution is 5.76. The summed E-state index contributed by atoms with van der Waals surface area (Å²) < 4.78 is 4.51. The summed E-state index contributed by atoms with van der Waals surface area (Å²) in [7, 11) is 1.29. The minimum atomic E-state index is -1.04. The van der Waals surface area contributed by atoms with Crippen LogP contribution in [0.3, 0.4) is 0 Å². The first kappa shape index (κ1) is 10.5. The number of methoxy groups -OCH3 is 1. The van der Waals surface area contributed by atoms with E-state index in [0.717, 1.165) is 19.3 Å². The molecule has 0 aliphatic heterocycles. The van der Waals surface area contributed by atoms with Crippen LogP contribution in [0.25, 0.3) is 0 Å². The lowest BCUT2D eigenvalue weighted by Crippen LogP contribution is -2.54. The summed E-state index contributed by atoms with van der Waals surface area (Å²) in [5.41, 5.74) is 4.58. The van der Waals surface area contributed by atoms with Crippen LogP contribution in [0, 0.1) is 0 Å². The molecule has 0 radical (unpaired) electrons. The van der Waals surface area contributed by atoms with Gasteiger partial charge in [-0.25, -0.2) is 0 Å². The molecule has 1 rings (SSSR count). The van der Waals surface area contributed by atoms with Gasteiger partial charge >= 0.3 is 5.97 Å². The van der Waals surface area contributed by atoms with Gasteiger partial charge in [-0.15, -0.1) is 0 Å². The average Bonchev–Trinajstić information content (AvgIpc) is 2.16. The fourth-order valence-corrected chi connectivity index (χ4v) is 1.82. The van der Waals surface area contributed by atoms with Crippen LogP contribution >= 0.6 is 0 Å². The number of nitrogens with two attached hydrogens (primary N) is 1. The van der Waals surface area contributed by atoms with Crippen LogP contribution in [-0.4, -0.2) is 29.8 Å². The largest absolute Gasteiger partial charge is 0.468 e. The Morgan fingerprint density at radius 3 is 2.46 bits per heavy atom. The first-order valence-electron chi connectivity index (χ1n) is 4.66. The van der Waals surface area contributed by atoms with E-state index in [0.29, 0.717) is 12.8 Å². The summed E-state index contributed by atoms with van der Waals surface area (Å²) in [6, 6.07) is -0.891. The molecule has 1 fully saturated rings. The van der Waals surface area contributed by atoms with E-state index in [1.165, 1.54) is 7.11 Å². The summed E-state index contributed by atoms with van der Waals surface area (Å²) >= 11 is 0. The maximum atomic E-state index is 11.1. The quantitative estimate of drug-likeness (QED) is 0.605. The molecule has 0 amide bonds. The molecule has 0 heterocycles. The van der Waals surface area contributed by atoms with E-state index in [1.807, 2.05) is 0 Å². The van der Waals surface area contributed by atoms with Crippen molar-refractivity contribution in [3.63, 3.8) is 0 Å². The van der Waals surface area contributed by atoms with Gasteiger partial charge in [-0.05, 0) is 12.8 Å². The molecule has 3 N–H and O–H groups in total. The summed E-state index contributed by atoms with van der Waals surface area (Å²) in [6.07, 6.45) is 4.17. The second kappa shape index (κ2) is 4.07. The number of esters is 1. The van der Waals surface area contributed by atoms with Crippen molar-refractivity contribution < 1.29 is 14.6 Å². The Morgan fingerprint density at radius 1 is 1.46 bits per heavy atom. The number of aliphatic hydroxyl groups is 1. The summed E-state index contributed by atoms with van der Waals surface area (Å²) in [6.45, 7) is 0.